The minimum atomic E-state index is -0.178. The molecule has 1 rings (SSSR count). The Morgan fingerprint density at radius 2 is 1.91 bits per heavy atom. The number of nitrogens with zero attached hydrogens (tertiary/aromatic N) is 1. The van der Waals surface area contributed by atoms with Gasteiger partial charge in [-0.2, -0.15) is 0 Å². The fraction of sp³-hybridized carbons (Fsp3) is 0.632. The number of ether oxygens (including phenoxy) is 1. The average Bonchev–Trinajstić information content (AvgIpc) is 2.49. The molecule has 0 radical (unpaired) electrons. The van der Waals surface area contributed by atoms with E-state index in [9.17, 15) is 4.79 Å². The Morgan fingerprint density at radius 3 is 2.35 bits per heavy atom. The molecule has 1 aromatic rings. The smallest absolute Gasteiger partial charge is 0.306 e. The van der Waals surface area contributed by atoms with Crippen LogP contribution in [0.3, 0.4) is 0 Å². The van der Waals surface area contributed by atoms with Gasteiger partial charge in [0.15, 0.2) is 0 Å². The molecule has 0 aliphatic rings. The van der Waals surface area contributed by atoms with Crippen LogP contribution in [0.5, 0.6) is 0 Å². The number of anilines is 2. The van der Waals surface area contributed by atoms with Crippen molar-refractivity contribution in [1.82, 2.24) is 0 Å². The van der Waals surface area contributed by atoms with Gasteiger partial charge in [0.2, 0.25) is 0 Å². The first-order valence-corrected chi connectivity index (χ1v) is 8.52. The van der Waals surface area contributed by atoms with Crippen molar-refractivity contribution in [1.29, 1.82) is 0 Å². The second-order valence-electron chi connectivity index (χ2n) is 6.84. The molecule has 4 nitrogen and oxygen atoms in total. The number of nitrogen functional groups attached to an aromatic ring is 1. The van der Waals surface area contributed by atoms with Crippen molar-refractivity contribution >= 4 is 17.3 Å². The molecule has 0 aliphatic heterocycles. The zero-order valence-corrected chi connectivity index (χ0v) is 15.4. The molecule has 0 saturated carbocycles. The maximum Gasteiger partial charge on any atom is 0.306 e. The molecule has 1 aromatic carbocycles. The molecule has 0 spiro atoms. The van der Waals surface area contributed by atoms with Gasteiger partial charge in [-0.05, 0) is 49.8 Å². The molecule has 130 valence electrons. The molecular formula is C19H32N2O2. The summed E-state index contributed by atoms with van der Waals surface area (Å²) in [5, 5.41) is 0. The van der Waals surface area contributed by atoms with E-state index in [1.54, 1.807) is 0 Å². The summed E-state index contributed by atoms with van der Waals surface area (Å²) in [5.41, 5.74) is 9.29. The summed E-state index contributed by atoms with van der Waals surface area (Å²) in [5.74, 6) is 0.540. The van der Waals surface area contributed by atoms with E-state index in [0.29, 0.717) is 18.4 Å². The molecule has 4 heteroatoms. The van der Waals surface area contributed by atoms with Crippen LogP contribution in [0.4, 0.5) is 11.4 Å². The molecule has 0 saturated heterocycles. The van der Waals surface area contributed by atoms with Crippen LogP contribution in [0.1, 0.15) is 58.9 Å². The highest BCUT2D eigenvalue weighted by Crippen LogP contribution is 2.32. The second kappa shape index (κ2) is 8.80. The molecule has 0 fully saturated rings. The van der Waals surface area contributed by atoms with Gasteiger partial charge in [-0.3, -0.25) is 4.79 Å². The van der Waals surface area contributed by atoms with Gasteiger partial charge < -0.3 is 15.4 Å². The molecule has 0 bridgehead atoms. The van der Waals surface area contributed by atoms with E-state index in [0.717, 1.165) is 29.9 Å². The van der Waals surface area contributed by atoms with E-state index in [2.05, 4.69) is 51.7 Å². The number of hydrogen-bond donors (Lipinski definition) is 1. The van der Waals surface area contributed by atoms with Gasteiger partial charge in [0.05, 0.1) is 24.9 Å². The standard InChI is InChI=1S/C19H32N2O2/c1-7-15(11-19(22)23-6)16-8-9-18(17(20)10-16)21(14(4)5)12-13(2)3/h8-10,13-15H,7,11-12,20H2,1-6H3. The molecule has 0 aromatic heterocycles. The topological polar surface area (TPSA) is 55.6 Å². The Hall–Kier alpha value is -1.71. The van der Waals surface area contributed by atoms with Crippen molar-refractivity contribution in [3.8, 4) is 0 Å². The van der Waals surface area contributed by atoms with Crippen LogP contribution < -0.4 is 10.6 Å². The van der Waals surface area contributed by atoms with Crippen molar-refractivity contribution in [2.75, 3.05) is 24.3 Å². The predicted octanol–water partition coefficient (Wildman–Crippen LogP) is 4.20. The van der Waals surface area contributed by atoms with Crippen LogP contribution in [-0.2, 0) is 9.53 Å². The minimum Gasteiger partial charge on any atom is -0.469 e. The Balaban J connectivity index is 3.05. The van der Waals surface area contributed by atoms with E-state index < -0.39 is 0 Å². The van der Waals surface area contributed by atoms with Gasteiger partial charge in [-0.15, -0.1) is 0 Å². The highest BCUT2D eigenvalue weighted by atomic mass is 16.5. The summed E-state index contributed by atoms with van der Waals surface area (Å²) in [6.45, 7) is 11.8. The van der Waals surface area contributed by atoms with Crippen LogP contribution in [0.15, 0.2) is 18.2 Å². The molecule has 23 heavy (non-hydrogen) atoms. The Bertz CT molecular complexity index is 512. The lowest BCUT2D eigenvalue weighted by atomic mass is 9.92. The largest absolute Gasteiger partial charge is 0.469 e. The van der Waals surface area contributed by atoms with Crippen molar-refractivity contribution in [2.45, 2.75) is 59.4 Å². The Morgan fingerprint density at radius 1 is 1.26 bits per heavy atom. The van der Waals surface area contributed by atoms with Crippen LogP contribution in [0, 0.1) is 5.92 Å². The van der Waals surface area contributed by atoms with Crippen molar-refractivity contribution in [3.05, 3.63) is 23.8 Å². The number of hydrogen-bond acceptors (Lipinski definition) is 4. The predicted molar refractivity (Wildman–Crippen MR) is 97.8 cm³/mol. The molecular weight excluding hydrogens is 288 g/mol. The molecule has 0 amide bonds. The lowest BCUT2D eigenvalue weighted by molar-refractivity contribution is -0.141. The summed E-state index contributed by atoms with van der Waals surface area (Å²) < 4.78 is 4.79. The van der Waals surface area contributed by atoms with E-state index in [1.165, 1.54) is 7.11 Å². The van der Waals surface area contributed by atoms with Crippen LogP contribution in [-0.4, -0.2) is 25.7 Å². The van der Waals surface area contributed by atoms with Gasteiger partial charge in [0.1, 0.15) is 0 Å². The van der Waals surface area contributed by atoms with Crippen LogP contribution >= 0.6 is 0 Å². The van der Waals surface area contributed by atoms with E-state index in [4.69, 9.17) is 10.5 Å². The molecule has 1 unspecified atom stereocenters. The Kier molecular flexibility index (Phi) is 7.40. The first-order valence-electron chi connectivity index (χ1n) is 8.52. The monoisotopic (exact) mass is 320 g/mol. The van der Waals surface area contributed by atoms with Crippen LogP contribution in [0.25, 0.3) is 0 Å². The fourth-order valence-electron chi connectivity index (χ4n) is 2.85. The maximum absolute atomic E-state index is 11.6. The maximum atomic E-state index is 11.6. The average molecular weight is 320 g/mol. The first kappa shape index (κ1) is 19.3. The fourth-order valence-corrected chi connectivity index (χ4v) is 2.85. The normalized spacial score (nSPS) is 12.5. The quantitative estimate of drug-likeness (QED) is 0.576. The number of nitrogens with two attached hydrogens (primary N) is 1. The summed E-state index contributed by atoms with van der Waals surface area (Å²) in [7, 11) is 1.43. The van der Waals surface area contributed by atoms with Gasteiger partial charge in [0.25, 0.3) is 0 Å². The van der Waals surface area contributed by atoms with Gasteiger partial charge in [-0.1, -0.05) is 26.8 Å². The third kappa shape index (κ3) is 5.45. The molecule has 0 aliphatic carbocycles. The third-order valence-corrected chi connectivity index (χ3v) is 4.15. The van der Waals surface area contributed by atoms with E-state index in [1.807, 2.05) is 6.07 Å². The lowest BCUT2D eigenvalue weighted by Crippen LogP contribution is -2.34. The number of benzene rings is 1. The zero-order valence-electron chi connectivity index (χ0n) is 15.4. The van der Waals surface area contributed by atoms with Crippen molar-refractivity contribution in [2.24, 2.45) is 5.92 Å². The molecule has 0 heterocycles. The zero-order chi connectivity index (χ0) is 17.6. The van der Waals surface area contributed by atoms with Crippen molar-refractivity contribution in [3.63, 3.8) is 0 Å². The lowest BCUT2D eigenvalue weighted by Gasteiger charge is -2.32. The third-order valence-electron chi connectivity index (χ3n) is 4.15. The minimum absolute atomic E-state index is 0.149. The number of carbonyl (C=O) groups excluding carboxylic acids is 1. The van der Waals surface area contributed by atoms with E-state index in [-0.39, 0.29) is 11.9 Å². The summed E-state index contributed by atoms with van der Waals surface area (Å²) in [6, 6.07) is 6.59. The van der Waals surface area contributed by atoms with Gasteiger partial charge in [0, 0.05) is 12.6 Å². The highest BCUT2D eigenvalue weighted by molar-refractivity contribution is 5.72. The molecule has 1 atom stereocenters. The number of esters is 1. The number of carbonyl (C=O) groups is 1. The SMILES string of the molecule is CCC(CC(=O)OC)c1ccc(N(CC(C)C)C(C)C)c(N)c1. The van der Waals surface area contributed by atoms with E-state index >= 15 is 0 Å². The van der Waals surface area contributed by atoms with Crippen LogP contribution in [0.2, 0.25) is 0 Å². The summed E-state index contributed by atoms with van der Waals surface area (Å²) >= 11 is 0. The number of methoxy groups -OCH3 is 1. The summed E-state index contributed by atoms with van der Waals surface area (Å²) in [6.07, 6.45) is 1.28. The van der Waals surface area contributed by atoms with Gasteiger partial charge in [-0.25, -0.2) is 0 Å². The Labute approximate surface area is 141 Å². The summed E-state index contributed by atoms with van der Waals surface area (Å²) in [4.78, 5) is 13.9. The van der Waals surface area contributed by atoms with Crippen molar-refractivity contribution < 1.29 is 9.53 Å². The highest BCUT2D eigenvalue weighted by Gasteiger charge is 2.19. The first-order chi connectivity index (χ1) is 10.8. The molecule has 2 N–H and O–H groups in total. The second-order valence-corrected chi connectivity index (χ2v) is 6.84. The number of rotatable bonds is 8. The van der Waals surface area contributed by atoms with Gasteiger partial charge >= 0.3 is 5.97 Å².